The standard InChI is InChI=1S/C28H31Cl2NO4Si/c1-19-14-22(20(16-27(32)33)9-7-13-36(2,3)4)15-25(30)28(19)35-26-12-11-23(17-31-26)34-18-21-8-5-6-10-24(21)29/h5-6,8,10-12,14-17H,7,9,13,18H2,1-4H3,(H,32,33)/b20-16-. The molecule has 0 aliphatic carbocycles. The van der Waals surface area contributed by atoms with Crippen molar-refractivity contribution in [1.82, 2.24) is 4.98 Å². The molecular formula is C28H31Cl2NO4Si. The molecule has 0 unspecified atom stereocenters. The monoisotopic (exact) mass is 543 g/mol. The molecule has 0 aliphatic rings. The lowest BCUT2D eigenvalue weighted by Gasteiger charge is -2.17. The third kappa shape index (κ3) is 8.40. The van der Waals surface area contributed by atoms with Gasteiger partial charge in [0, 0.05) is 30.8 Å². The molecule has 0 radical (unpaired) electrons. The van der Waals surface area contributed by atoms with Gasteiger partial charge < -0.3 is 14.6 Å². The van der Waals surface area contributed by atoms with Crippen molar-refractivity contribution in [3.63, 3.8) is 0 Å². The van der Waals surface area contributed by atoms with Gasteiger partial charge in [0.05, 0.1) is 11.2 Å². The van der Waals surface area contributed by atoms with E-state index in [2.05, 4.69) is 24.6 Å². The number of carbonyl (C=O) groups is 1. The van der Waals surface area contributed by atoms with Gasteiger partial charge in [-0.15, -0.1) is 0 Å². The topological polar surface area (TPSA) is 68.7 Å². The molecule has 8 heteroatoms. The van der Waals surface area contributed by atoms with Gasteiger partial charge in [-0.1, -0.05) is 73.5 Å². The van der Waals surface area contributed by atoms with Crippen molar-refractivity contribution < 1.29 is 19.4 Å². The number of hydrogen-bond acceptors (Lipinski definition) is 4. The predicted octanol–water partition coefficient (Wildman–Crippen LogP) is 8.65. The van der Waals surface area contributed by atoms with Gasteiger partial charge in [-0.2, -0.15) is 0 Å². The van der Waals surface area contributed by atoms with Gasteiger partial charge in [0.1, 0.15) is 12.4 Å². The first kappa shape index (κ1) is 27.8. The number of aromatic nitrogens is 1. The predicted molar refractivity (Wildman–Crippen MR) is 149 cm³/mol. The van der Waals surface area contributed by atoms with Crippen LogP contribution in [-0.2, 0) is 11.4 Å². The Morgan fingerprint density at radius 3 is 2.44 bits per heavy atom. The summed E-state index contributed by atoms with van der Waals surface area (Å²) in [6.45, 7) is 9.15. The highest BCUT2D eigenvalue weighted by atomic mass is 35.5. The summed E-state index contributed by atoms with van der Waals surface area (Å²) in [5.41, 5.74) is 3.23. The maximum absolute atomic E-state index is 11.4. The molecule has 0 aliphatic heterocycles. The Hall–Kier alpha value is -2.80. The van der Waals surface area contributed by atoms with Gasteiger partial charge in [-0.25, -0.2) is 9.78 Å². The first-order valence-electron chi connectivity index (χ1n) is 11.8. The zero-order chi connectivity index (χ0) is 26.3. The quantitative estimate of drug-likeness (QED) is 0.193. The molecule has 1 heterocycles. The van der Waals surface area contributed by atoms with E-state index in [1.54, 1.807) is 24.4 Å². The minimum Gasteiger partial charge on any atom is -0.487 e. The van der Waals surface area contributed by atoms with Crippen LogP contribution in [0.2, 0.25) is 35.7 Å². The number of ether oxygens (including phenoxy) is 2. The lowest BCUT2D eigenvalue weighted by molar-refractivity contribution is -0.131. The van der Waals surface area contributed by atoms with Crippen LogP contribution in [0.25, 0.3) is 5.57 Å². The molecule has 0 saturated heterocycles. The van der Waals surface area contributed by atoms with Crippen molar-refractivity contribution >= 4 is 42.8 Å². The highest BCUT2D eigenvalue weighted by Crippen LogP contribution is 2.36. The van der Waals surface area contributed by atoms with E-state index >= 15 is 0 Å². The molecule has 190 valence electrons. The third-order valence-electron chi connectivity index (χ3n) is 5.54. The van der Waals surface area contributed by atoms with E-state index in [-0.39, 0.29) is 0 Å². The van der Waals surface area contributed by atoms with Crippen LogP contribution in [0.1, 0.15) is 29.5 Å². The molecule has 0 amide bonds. The molecule has 0 saturated carbocycles. The third-order valence-corrected chi connectivity index (χ3v) is 8.04. The number of aryl methyl sites for hydroxylation is 1. The smallest absolute Gasteiger partial charge is 0.328 e. The van der Waals surface area contributed by atoms with Crippen molar-refractivity contribution in [2.45, 2.75) is 52.1 Å². The molecular weight excluding hydrogens is 513 g/mol. The lowest BCUT2D eigenvalue weighted by atomic mass is 9.99. The fourth-order valence-corrected chi connectivity index (χ4v) is 5.43. The summed E-state index contributed by atoms with van der Waals surface area (Å²) >= 11 is 12.8. The van der Waals surface area contributed by atoms with E-state index in [4.69, 9.17) is 32.7 Å². The summed E-state index contributed by atoms with van der Waals surface area (Å²) in [7, 11) is -1.21. The SMILES string of the molecule is Cc1cc(/C(=C\C(=O)O)CCC[Si](C)(C)C)cc(Cl)c1Oc1ccc(OCc2ccccc2Cl)cn1. The van der Waals surface area contributed by atoms with Gasteiger partial charge in [0.2, 0.25) is 5.88 Å². The Morgan fingerprint density at radius 1 is 1.08 bits per heavy atom. The minimum absolute atomic E-state index is 0.331. The van der Waals surface area contributed by atoms with E-state index in [9.17, 15) is 9.90 Å². The Balaban J connectivity index is 1.71. The summed E-state index contributed by atoms with van der Waals surface area (Å²) < 4.78 is 11.7. The van der Waals surface area contributed by atoms with E-state index in [0.717, 1.165) is 34.7 Å². The summed E-state index contributed by atoms with van der Waals surface area (Å²) in [5, 5.41) is 10.4. The van der Waals surface area contributed by atoms with Crippen molar-refractivity contribution in [3.8, 4) is 17.4 Å². The number of carboxylic acids is 1. The van der Waals surface area contributed by atoms with Gasteiger partial charge in [-0.05, 0) is 54.3 Å². The first-order valence-corrected chi connectivity index (χ1v) is 16.2. The number of pyridine rings is 1. The average molecular weight is 545 g/mol. The van der Waals surface area contributed by atoms with E-state index in [1.165, 1.54) is 6.08 Å². The number of aliphatic carboxylic acids is 1. The van der Waals surface area contributed by atoms with Gasteiger partial charge in [0.25, 0.3) is 0 Å². The molecule has 0 fully saturated rings. The Bertz CT molecular complexity index is 1210. The maximum Gasteiger partial charge on any atom is 0.328 e. The second-order valence-electron chi connectivity index (χ2n) is 9.84. The van der Waals surface area contributed by atoms with E-state index in [1.807, 2.05) is 37.3 Å². The van der Waals surface area contributed by atoms with Gasteiger partial charge in [-0.3, -0.25) is 0 Å². The first-order chi connectivity index (χ1) is 17.0. The zero-order valence-electron chi connectivity index (χ0n) is 21.0. The van der Waals surface area contributed by atoms with Crippen LogP contribution in [0.3, 0.4) is 0 Å². The van der Waals surface area contributed by atoms with Crippen LogP contribution in [0.15, 0.2) is 60.8 Å². The summed E-state index contributed by atoms with van der Waals surface area (Å²) in [6.07, 6.45) is 4.48. The number of allylic oxidation sites excluding steroid dienone is 1. The lowest BCUT2D eigenvalue weighted by Crippen LogP contribution is -2.18. The maximum atomic E-state index is 11.4. The minimum atomic E-state index is -1.21. The van der Waals surface area contributed by atoms with Crippen LogP contribution >= 0.6 is 23.2 Å². The second-order valence-corrected chi connectivity index (χ2v) is 16.3. The molecule has 3 aromatic rings. The Labute approximate surface area is 223 Å². The molecule has 1 aromatic heterocycles. The number of benzene rings is 2. The summed E-state index contributed by atoms with van der Waals surface area (Å²) in [6, 6.07) is 15.8. The fourth-order valence-electron chi connectivity index (χ4n) is 3.70. The fraction of sp³-hybridized carbons (Fsp3) is 0.286. The van der Waals surface area contributed by atoms with Crippen LogP contribution in [-0.4, -0.2) is 24.1 Å². The van der Waals surface area contributed by atoms with Crippen LogP contribution in [0, 0.1) is 6.92 Å². The molecule has 0 bridgehead atoms. The number of rotatable bonds is 11. The van der Waals surface area contributed by atoms with Crippen molar-refractivity contribution in [3.05, 3.63) is 87.5 Å². The van der Waals surface area contributed by atoms with Crippen molar-refractivity contribution in [2.75, 3.05) is 0 Å². The average Bonchev–Trinajstić information content (AvgIpc) is 2.80. The van der Waals surface area contributed by atoms with E-state index in [0.29, 0.717) is 40.5 Å². The number of nitrogens with zero attached hydrogens (tertiary/aromatic N) is 1. The highest BCUT2D eigenvalue weighted by molar-refractivity contribution is 6.76. The van der Waals surface area contributed by atoms with Crippen molar-refractivity contribution in [1.29, 1.82) is 0 Å². The second kappa shape index (κ2) is 12.4. The largest absolute Gasteiger partial charge is 0.487 e. The molecule has 3 rings (SSSR count). The van der Waals surface area contributed by atoms with Crippen LogP contribution in [0.4, 0.5) is 0 Å². The summed E-state index contributed by atoms with van der Waals surface area (Å²) in [4.78, 5) is 15.8. The Morgan fingerprint density at radius 2 is 1.83 bits per heavy atom. The molecule has 36 heavy (non-hydrogen) atoms. The molecule has 5 nitrogen and oxygen atoms in total. The molecule has 0 spiro atoms. The van der Waals surface area contributed by atoms with Crippen LogP contribution in [0.5, 0.6) is 17.4 Å². The Kier molecular flexibility index (Phi) is 9.60. The van der Waals surface area contributed by atoms with Gasteiger partial charge in [0.15, 0.2) is 5.75 Å². The van der Waals surface area contributed by atoms with Crippen LogP contribution < -0.4 is 9.47 Å². The highest BCUT2D eigenvalue weighted by Gasteiger charge is 2.16. The summed E-state index contributed by atoms with van der Waals surface area (Å²) in [5.74, 6) is 0.471. The number of carboxylic acid groups (broad SMARTS) is 1. The van der Waals surface area contributed by atoms with Gasteiger partial charge >= 0.3 is 5.97 Å². The number of hydrogen-bond donors (Lipinski definition) is 1. The van der Waals surface area contributed by atoms with Crippen molar-refractivity contribution in [2.24, 2.45) is 0 Å². The number of halogens is 2. The van der Waals surface area contributed by atoms with E-state index < -0.39 is 14.0 Å². The normalized spacial score (nSPS) is 11.9. The molecule has 2 aromatic carbocycles. The molecule has 0 atom stereocenters. The zero-order valence-corrected chi connectivity index (χ0v) is 23.5. The molecule has 1 N–H and O–H groups in total.